The SMILES string of the molecule is COC(=O)C(C)NP(Oc1ccccc1)N1CCC(NC(=O)/C(N)=C(/C=N)NC(=O)c2c(Cl)cccc2Cl)CC1. The molecule has 6 N–H and O–H groups in total. The standard InChI is InChI=1S/C26H31Cl2N6O5P/c1-16(26(37)38-2)33-40(39-18-7-4-3-5-8-18)34-13-11-17(12-14-34)31-25(36)23(30)21(15-29)32-24(35)22-19(27)9-6-10-20(22)28/h3-10,15-17,29,33H,11-14,30H2,1-2H3,(H,31,36)(H,32,35)/b23-21+,29-15?. The number of carbonyl (C=O) groups excluding carboxylic acids is 3. The topological polar surface area (TPSA) is 159 Å². The number of hydrogen-bond donors (Lipinski definition) is 5. The largest absolute Gasteiger partial charge is 0.468 e. The maximum absolute atomic E-state index is 12.9. The van der Waals surface area contributed by atoms with Gasteiger partial charge in [-0.05, 0) is 44.0 Å². The third-order valence-electron chi connectivity index (χ3n) is 5.97. The minimum absolute atomic E-state index is 0.00936. The average molecular weight is 609 g/mol. The number of nitrogens with two attached hydrogens (primary N) is 1. The van der Waals surface area contributed by atoms with Gasteiger partial charge in [0, 0.05) is 25.3 Å². The van der Waals surface area contributed by atoms with Crippen LogP contribution in [-0.4, -0.2) is 61.0 Å². The molecule has 1 aliphatic rings. The summed E-state index contributed by atoms with van der Waals surface area (Å²) in [7, 11) is -0.0684. The lowest BCUT2D eigenvalue weighted by molar-refractivity contribution is -0.142. The Labute approximate surface area is 243 Å². The quantitative estimate of drug-likeness (QED) is 0.112. The van der Waals surface area contributed by atoms with Crippen molar-refractivity contribution in [3.63, 3.8) is 0 Å². The molecule has 11 nitrogen and oxygen atoms in total. The zero-order valence-electron chi connectivity index (χ0n) is 21.9. The highest BCUT2D eigenvalue weighted by Gasteiger charge is 2.31. The molecule has 2 aromatic rings. The Kier molecular flexibility index (Phi) is 11.7. The number of allylic oxidation sites excluding steroid dienone is 1. The minimum Gasteiger partial charge on any atom is -0.468 e. The fourth-order valence-electron chi connectivity index (χ4n) is 3.80. The molecule has 1 fully saturated rings. The van der Waals surface area contributed by atoms with Crippen LogP contribution < -0.4 is 26.0 Å². The molecule has 40 heavy (non-hydrogen) atoms. The van der Waals surface area contributed by atoms with E-state index in [1.165, 1.54) is 19.2 Å². The summed E-state index contributed by atoms with van der Waals surface area (Å²) >= 11 is 12.2. The molecular formula is C26H31Cl2N6O5P. The van der Waals surface area contributed by atoms with E-state index >= 15 is 0 Å². The van der Waals surface area contributed by atoms with E-state index in [-0.39, 0.29) is 33.0 Å². The minimum atomic E-state index is -1.40. The molecule has 0 bridgehead atoms. The van der Waals surface area contributed by atoms with Gasteiger partial charge in [-0.25, -0.2) is 9.76 Å². The van der Waals surface area contributed by atoms with Gasteiger partial charge in [0.1, 0.15) is 17.5 Å². The molecular weight excluding hydrogens is 578 g/mol. The van der Waals surface area contributed by atoms with Crippen LogP contribution in [0.15, 0.2) is 59.9 Å². The molecule has 1 saturated heterocycles. The molecule has 0 saturated carbocycles. The maximum Gasteiger partial charge on any atom is 0.322 e. The first kappa shape index (κ1) is 31.3. The van der Waals surface area contributed by atoms with E-state index in [9.17, 15) is 14.4 Å². The van der Waals surface area contributed by atoms with E-state index in [0.29, 0.717) is 31.7 Å². The number of methoxy groups -OCH3 is 1. The first-order valence-corrected chi connectivity index (χ1v) is 14.3. The monoisotopic (exact) mass is 608 g/mol. The summed E-state index contributed by atoms with van der Waals surface area (Å²) in [4.78, 5) is 37.6. The number of rotatable bonds is 11. The molecule has 2 aromatic carbocycles. The molecule has 2 unspecified atom stereocenters. The number of nitrogens with one attached hydrogen (secondary N) is 4. The molecule has 1 heterocycles. The first-order valence-electron chi connectivity index (χ1n) is 12.3. The molecule has 1 aliphatic heterocycles. The van der Waals surface area contributed by atoms with Gasteiger partial charge in [0.2, 0.25) is 8.45 Å². The first-order chi connectivity index (χ1) is 19.1. The third kappa shape index (κ3) is 8.39. The van der Waals surface area contributed by atoms with E-state index in [4.69, 9.17) is 43.6 Å². The molecule has 14 heteroatoms. The van der Waals surface area contributed by atoms with Crippen LogP contribution in [0, 0.1) is 5.41 Å². The van der Waals surface area contributed by atoms with Crippen LogP contribution in [-0.2, 0) is 14.3 Å². The second kappa shape index (κ2) is 15.0. The van der Waals surface area contributed by atoms with Crippen LogP contribution in [0.4, 0.5) is 0 Å². The van der Waals surface area contributed by atoms with Crippen molar-refractivity contribution in [2.75, 3.05) is 20.2 Å². The summed E-state index contributed by atoms with van der Waals surface area (Å²) in [5.41, 5.74) is 5.51. The third-order valence-corrected chi connectivity index (χ3v) is 8.51. The van der Waals surface area contributed by atoms with Crippen LogP contribution >= 0.6 is 31.7 Å². The molecule has 0 spiro atoms. The van der Waals surface area contributed by atoms with Crippen molar-refractivity contribution in [2.45, 2.75) is 31.8 Å². The smallest absolute Gasteiger partial charge is 0.322 e. The number of ether oxygens (including phenoxy) is 1. The van der Waals surface area contributed by atoms with Crippen LogP contribution in [0.3, 0.4) is 0 Å². The van der Waals surface area contributed by atoms with Crippen molar-refractivity contribution >= 4 is 55.7 Å². The van der Waals surface area contributed by atoms with Crippen molar-refractivity contribution in [2.24, 2.45) is 5.73 Å². The summed E-state index contributed by atoms with van der Waals surface area (Å²) < 4.78 is 13.1. The summed E-state index contributed by atoms with van der Waals surface area (Å²) in [5, 5.41) is 16.4. The van der Waals surface area contributed by atoms with E-state index < -0.39 is 32.3 Å². The van der Waals surface area contributed by atoms with Gasteiger partial charge in [-0.2, -0.15) is 0 Å². The van der Waals surface area contributed by atoms with Gasteiger partial charge >= 0.3 is 5.97 Å². The number of carbonyl (C=O) groups is 3. The number of piperidine rings is 1. The Hall–Kier alpha value is -3.21. The lowest BCUT2D eigenvalue weighted by atomic mass is 10.1. The van der Waals surface area contributed by atoms with Gasteiger partial charge in [-0.1, -0.05) is 47.5 Å². The summed E-state index contributed by atoms with van der Waals surface area (Å²) in [6, 6.07) is 13.1. The Morgan fingerprint density at radius 1 is 1.10 bits per heavy atom. The second-order valence-electron chi connectivity index (χ2n) is 8.78. The normalized spacial score (nSPS) is 16.2. The van der Waals surface area contributed by atoms with Crippen LogP contribution in [0.5, 0.6) is 5.75 Å². The summed E-state index contributed by atoms with van der Waals surface area (Å²) in [5.74, 6) is -1.06. The number of esters is 1. The highest BCUT2D eigenvalue weighted by atomic mass is 35.5. The summed E-state index contributed by atoms with van der Waals surface area (Å²) in [6.07, 6.45) is 1.93. The molecule has 0 aliphatic carbocycles. The predicted molar refractivity (Wildman–Crippen MR) is 155 cm³/mol. The zero-order chi connectivity index (χ0) is 29.2. The Balaban J connectivity index is 1.63. The highest BCUT2D eigenvalue weighted by Crippen LogP contribution is 2.41. The average Bonchev–Trinajstić information content (AvgIpc) is 2.95. The van der Waals surface area contributed by atoms with Crippen molar-refractivity contribution in [1.29, 1.82) is 5.41 Å². The van der Waals surface area contributed by atoms with Crippen molar-refractivity contribution in [1.82, 2.24) is 20.4 Å². The van der Waals surface area contributed by atoms with Gasteiger partial charge in [-0.3, -0.25) is 14.4 Å². The fourth-order valence-corrected chi connectivity index (χ4v) is 6.05. The molecule has 2 atom stereocenters. The van der Waals surface area contributed by atoms with Gasteiger partial charge in [0.15, 0.2) is 0 Å². The van der Waals surface area contributed by atoms with Gasteiger partial charge in [0.05, 0.1) is 28.4 Å². The predicted octanol–water partition coefficient (Wildman–Crippen LogP) is 3.58. The second-order valence-corrected chi connectivity index (χ2v) is 11.1. The van der Waals surface area contributed by atoms with E-state index in [1.807, 2.05) is 30.3 Å². The lowest BCUT2D eigenvalue weighted by Gasteiger charge is -2.37. The Morgan fingerprint density at radius 2 is 1.73 bits per heavy atom. The molecule has 0 radical (unpaired) electrons. The molecule has 214 valence electrons. The fraction of sp³-hybridized carbons (Fsp3) is 0.308. The number of nitrogens with zero attached hydrogens (tertiary/aromatic N) is 1. The van der Waals surface area contributed by atoms with Gasteiger partial charge in [0.25, 0.3) is 11.8 Å². The number of benzene rings is 2. The van der Waals surface area contributed by atoms with Crippen LogP contribution in [0.1, 0.15) is 30.1 Å². The molecule has 3 rings (SSSR count). The zero-order valence-corrected chi connectivity index (χ0v) is 24.4. The van der Waals surface area contributed by atoms with E-state index in [0.717, 1.165) is 6.21 Å². The lowest BCUT2D eigenvalue weighted by Crippen LogP contribution is -2.47. The van der Waals surface area contributed by atoms with Crippen molar-refractivity contribution in [3.8, 4) is 5.75 Å². The molecule has 2 amide bonds. The van der Waals surface area contributed by atoms with Crippen molar-refractivity contribution in [3.05, 3.63) is 75.5 Å². The van der Waals surface area contributed by atoms with Gasteiger partial charge in [-0.15, -0.1) is 0 Å². The van der Waals surface area contributed by atoms with E-state index in [1.54, 1.807) is 13.0 Å². The van der Waals surface area contributed by atoms with Crippen LogP contribution in [0.2, 0.25) is 10.0 Å². The number of hydrogen-bond acceptors (Lipinski definition) is 9. The highest BCUT2D eigenvalue weighted by molar-refractivity contribution is 7.48. The number of para-hydroxylation sites is 1. The molecule has 0 aromatic heterocycles. The van der Waals surface area contributed by atoms with Gasteiger partial charge < -0.3 is 31.0 Å². The number of halogens is 2. The van der Waals surface area contributed by atoms with E-state index in [2.05, 4.69) is 20.4 Å². The Morgan fingerprint density at radius 3 is 2.30 bits per heavy atom. The number of amides is 2. The summed E-state index contributed by atoms with van der Waals surface area (Å²) in [6.45, 7) is 2.83. The Bertz CT molecular complexity index is 1240. The van der Waals surface area contributed by atoms with Crippen molar-refractivity contribution < 1.29 is 23.6 Å². The maximum atomic E-state index is 12.9. The van der Waals surface area contributed by atoms with Crippen LogP contribution in [0.25, 0.3) is 0 Å².